The zero-order chi connectivity index (χ0) is 26.5. The number of allylic oxidation sites excluding steroid dienone is 1. The SMILES string of the molecule is C=CCc1cc(/C=C2\C(=O)NC(=O)N(c3cccc(F)c3)C2=O)cc(OC)c1OCc1ccc(C)cc1. The second-order valence-electron chi connectivity index (χ2n) is 8.42. The number of methoxy groups -OCH3 is 1. The highest BCUT2D eigenvalue weighted by Crippen LogP contribution is 2.35. The predicted octanol–water partition coefficient (Wildman–Crippen LogP) is 5.12. The minimum atomic E-state index is -0.956. The molecular formula is C29H25FN2O5. The lowest BCUT2D eigenvalue weighted by molar-refractivity contribution is -0.122. The Bertz CT molecular complexity index is 1410. The van der Waals surface area contributed by atoms with Gasteiger partial charge in [-0.2, -0.15) is 0 Å². The number of anilines is 1. The van der Waals surface area contributed by atoms with Gasteiger partial charge in [-0.3, -0.25) is 14.9 Å². The number of halogens is 1. The van der Waals surface area contributed by atoms with Crippen LogP contribution in [0.1, 0.15) is 22.3 Å². The van der Waals surface area contributed by atoms with Crippen molar-refractivity contribution < 1.29 is 28.2 Å². The van der Waals surface area contributed by atoms with Gasteiger partial charge in [-0.25, -0.2) is 14.1 Å². The fraction of sp³-hybridized carbons (Fsp3) is 0.138. The summed E-state index contributed by atoms with van der Waals surface area (Å²) in [4.78, 5) is 38.9. The van der Waals surface area contributed by atoms with Gasteiger partial charge in [-0.15, -0.1) is 6.58 Å². The molecule has 0 spiro atoms. The lowest BCUT2D eigenvalue weighted by Crippen LogP contribution is -2.54. The number of hydrogen-bond donors (Lipinski definition) is 1. The molecule has 7 nitrogen and oxygen atoms in total. The summed E-state index contributed by atoms with van der Waals surface area (Å²) in [6, 6.07) is 15.4. The van der Waals surface area contributed by atoms with E-state index < -0.39 is 23.7 Å². The molecule has 0 atom stereocenters. The molecule has 4 rings (SSSR count). The van der Waals surface area contributed by atoms with Crippen LogP contribution in [-0.4, -0.2) is 25.0 Å². The lowest BCUT2D eigenvalue weighted by Gasteiger charge is -2.26. The Labute approximate surface area is 213 Å². The number of nitrogens with one attached hydrogen (secondary N) is 1. The molecule has 1 N–H and O–H groups in total. The van der Waals surface area contributed by atoms with Crippen LogP contribution in [-0.2, 0) is 22.6 Å². The van der Waals surface area contributed by atoms with Crippen molar-refractivity contribution in [3.63, 3.8) is 0 Å². The standard InChI is InChI=1S/C29H25FN2O5/c1-4-6-21-13-20(15-25(36-3)26(21)37-17-19-11-9-18(2)10-12-19)14-24-27(33)31-29(35)32(28(24)34)23-8-5-7-22(30)16-23/h4-5,7-16H,1,6,17H2,2-3H3,(H,31,33,35)/b24-14+. The molecule has 37 heavy (non-hydrogen) atoms. The molecule has 0 bridgehead atoms. The molecule has 188 valence electrons. The van der Waals surface area contributed by atoms with Crippen LogP contribution in [0.4, 0.5) is 14.9 Å². The number of amides is 4. The van der Waals surface area contributed by atoms with Crippen molar-refractivity contribution in [2.24, 2.45) is 0 Å². The van der Waals surface area contributed by atoms with E-state index in [2.05, 4.69) is 11.9 Å². The fourth-order valence-corrected chi connectivity index (χ4v) is 3.90. The summed E-state index contributed by atoms with van der Waals surface area (Å²) in [6.45, 7) is 6.12. The third kappa shape index (κ3) is 5.59. The number of barbiturate groups is 1. The van der Waals surface area contributed by atoms with Crippen molar-refractivity contribution >= 4 is 29.6 Å². The highest BCUT2D eigenvalue weighted by Gasteiger charge is 2.37. The molecule has 3 aromatic rings. The minimum absolute atomic E-state index is 0.00526. The zero-order valence-corrected chi connectivity index (χ0v) is 20.4. The maximum absolute atomic E-state index is 13.7. The quantitative estimate of drug-likeness (QED) is 0.264. The number of hydrogen-bond acceptors (Lipinski definition) is 5. The molecular weight excluding hydrogens is 475 g/mol. The topological polar surface area (TPSA) is 84.9 Å². The maximum atomic E-state index is 13.7. The summed E-state index contributed by atoms with van der Waals surface area (Å²) in [5.74, 6) is -1.43. The second kappa shape index (κ2) is 10.9. The summed E-state index contributed by atoms with van der Waals surface area (Å²) in [6.07, 6.45) is 3.49. The molecule has 1 aliphatic heterocycles. The van der Waals surface area contributed by atoms with Crippen LogP contribution in [0.2, 0.25) is 0 Å². The van der Waals surface area contributed by atoms with E-state index in [0.29, 0.717) is 30.1 Å². The van der Waals surface area contributed by atoms with Gasteiger partial charge in [-0.1, -0.05) is 42.0 Å². The molecule has 1 heterocycles. The number of imide groups is 2. The Morgan fingerprint density at radius 1 is 1.05 bits per heavy atom. The molecule has 3 aromatic carbocycles. The maximum Gasteiger partial charge on any atom is 0.335 e. The van der Waals surface area contributed by atoms with Gasteiger partial charge < -0.3 is 9.47 Å². The normalized spacial score (nSPS) is 14.5. The number of rotatable bonds is 8. The minimum Gasteiger partial charge on any atom is -0.493 e. The van der Waals surface area contributed by atoms with Gasteiger partial charge in [-0.05, 0) is 60.9 Å². The smallest absolute Gasteiger partial charge is 0.335 e. The highest BCUT2D eigenvalue weighted by molar-refractivity contribution is 6.39. The molecule has 0 aromatic heterocycles. The van der Waals surface area contributed by atoms with E-state index in [1.54, 1.807) is 18.2 Å². The highest BCUT2D eigenvalue weighted by atomic mass is 19.1. The Balaban J connectivity index is 1.69. The largest absolute Gasteiger partial charge is 0.493 e. The van der Waals surface area contributed by atoms with Gasteiger partial charge >= 0.3 is 6.03 Å². The monoisotopic (exact) mass is 500 g/mol. The summed E-state index contributed by atoms with van der Waals surface area (Å²) >= 11 is 0. The molecule has 4 amide bonds. The number of nitrogens with zero attached hydrogens (tertiary/aromatic N) is 1. The Morgan fingerprint density at radius 2 is 1.81 bits per heavy atom. The Hall–Kier alpha value is -4.72. The number of aryl methyl sites for hydroxylation is 1. The molecule has 0 saturated carbocycles. The number of carbonyl (C=O) groups excluding carboxylic acids is 3. The summed E-state index contributed by atoms with van der Waals surface area (Å²) in [5, 5.41) is 2.13. The Morgan fingerprint density at radius 3 is 2.49 bits per heavy atom. The summed E-state index contributed by atoms with van der Waals surface area (Å²) < 4.78 is 25.4. The number of benzene rings is 3. The van der Waals surface area contributed by atoms with Gasteiger partial charge in [0.05, 0.1) is 12.8 Å². The molecule has 0 aliphatic carbocycles. The average Bonchev–Trinajstić information content (AvgIpc) is 2.86. The van der Waals surface area contributed by atoms with Crippen molar-refractivity contribution in [3.05, 3.63) is 107 Å². The van der Waals surface area contributed by atoms with Crippen LogP contribution in [0.3, 0.4) is 0 Å². The summed E-state index contributed by atoms with van der Waals surface area (Å²) in [7, 11) is 1.49. The van der Waals surface area contributed by atoms with E-state index in [9.17, 15) is 18.8 Å². The van der Waals surface area contributed by atoms with E-state index in [0.717, 1.165) is 27.7 Å². The average molecular weight is 501 g/mol. The summed E-state index contributed by atoms with van der Waals surface area (Å²) in [5.41, 5.74) is 3.05. The van der Waals surface area contributed by atoms with E-state index in [1.807, 2.05) is 31.2 Å². The van der Waals surface area contributed by atoms with E-state index in [1.165, 1.54) is 31.4 Å². The van der Waals surface area contributed by atoms with Crippen LogP contribution in [0.5, 0.6) is 11.5 Å². The second-order valence-corrected chi connectivity index (χ2v) is 8.42. The molecule has 8 heteroatoms. The van der Waals surface area contributed by atoms with E-state index in [4.69, 9.17) is 9.47 Å². The van der Waals surface area contributed by atoms with Crippen molar-refractivity contribution in [1.82, 2.24) is 5.32 Å². The van der Waals surface area contributed by atoms with Gasteiger partial charge in [0.1, 0.15) is 18.0 Å². The van der Waals surface area contributed by atoms with Gasteiger partial charge in [0.2, 0.25) is 0 Å². The third-order valence-corrected chi connectivity index (χ3v) is 5.72. The van der Waals surface area contributed by atoms with Crippen molar-refractivity contribution in [3.8, 4) is 11.5 Å². The van der Waals surface area contributed by atoms with Gasteiger partial charge in [0, 0.05) is 5.56 Å². The predicted molar refractivity (Wildman–Crippen MR) is 138 cm³/mol. The van der Waals surface area contributed by atoms with Gasteiger partial charge in [0.15, 0.2) is 11.5 Å². The van der Waals surface area contributed by atoms with Crippen molar-refractivity contribution in [2.75, 3.05) is 12.0 Å². The van der Waals surface area contributed by atoms with Crippen LogP contribution < -0.4 is 19.7 Å². The van der Waals surface area contributed by atoms with E-state index >= 15 is 0 Å². The van der Waals surface area contributed by atoms with Crippen LogP contribution in [0, 0.1) is 12.7 Å². The first-order chi connectivity index (χ1) is 17.8. The molecule has 0 unspecified atom stereocenters. The van der Waals surface area contributed by atoms with E-state index in [-0.39, 0.29) is 11.3 Å². The molecule has 1 aliphatic rings. The zero-order valence-electron chi connectivity index (χ0n) is 20.4. The first kappa shape index (κ1) is 25.4. The van der Waals surface area contributed by atoms with Crippen LogP contribution in [0.15, 0.2) is 78.9 Å². The van der Waals surface area contributed by atoms with Crippen LogP contribution in [0.25, 0.3) is 6.08 Å². The fourth-order valence-electron chi connectivity index (χ4n) is 3.90. The van der Waals surface area contributed by atoms with Crippen molar-refractivity contribution in [1.29, 1.82) is 0 Å². The van der Waals surface area contributed by atoms with Crippen molar-refractivity contribution in [2.45, 2.75) is 20.0 Å². The van der Waals surface area contributed by atoms with Crippen LogP contribution >= 0.6 is 0 Å². The number of urea groups is 1. The number of carbonyl (C=O) groups is 3. The molecule has 0 radical (unpaired) electrons. The first-order valence-electron chi connectivity index (χ1n) is 11.5. The lowest BCUT2D eigenvalue weighted by atomic mass is 10.0. The first-order valence-corrected chi connectivity index (χ1v) is 11.5. The van der Waals surface area contributed by atoms with Gasteiger partial charge in [0.25, 0.3) is 11.8 Å². The molecule has 1 saturated heterocycles. The third-order valence-electron chi connectivity index (χ3n) is 5.72. The Kier molecular flexibility index (Phi) is 7.48. The molecule has 1 fully saturated rings. The number of ether oxygens (including phenoxy) is 2.